The summed E-state index contributed by atoms with van der Waals surface area (Å²) >= 11 is 0. The third-order valence-corrected chi connectivity index (χ3v) is 10.9. The Bertz CT molecular complexity index is 1930. The van der Waals surface area contributed by atoms with E-state index < -0.39 is 0 Å². The molecule has 2 unspecified atom stereocenters. The maximum Gasteiger partial charge on any atom is 0.229 e. The van der Waals surface area contributed by atoms with Gasteiger partial charge in [-0.1, -0.05) is 11.8 Å². The zero-order valence-corrected chi connectivity index (χ0v) is 29.5. The Balaban J connectivity index is 1.04. The smallest absolute Gasteiger partial charge is 0.229 e. The normalized spacial score (nSPS) is 22.0. The molecule has 2 N–H and O–H groups in total. The number of pyridine rings is 2. The Morgan fingerprint density at radius 1 is 0.750 bits per heavy atom. The van der Waals surface area contributed by atoms with Crippen molar-refractivity contribution in [3.63, 3.8) is 0 Å². The minimum absolute atomic E-state index is 0.138. The lowest BCUT2D eigenvalue weighted by Gasteiger charge is -2.40. The molecule has 11 heteroatoms. The highest BCUT2D eigenvalue weighted by Gasteiger charge is 2.38. The van der Waals surface area contributed by atoms with Gasteiger partial charge in [0.05, 0.1) is 60.3 Å². The van der Waals surface area contributed by atoms with Crippen molar-refractivity contribution in [1.29, 1.82) is 0 Å². The SMILES string of the molecule is C#CCN(c1ccc(C(=O)c2ccc(N(CC#C)C3C=C4C(=CN(C)CN4O)C4=C3CCC4)cn2)nc1)C1C=C2C(=CN(C)CN2O)C2=C1CCC2. The van der Waals surface area contributed by atoms with Crippen LogP contribution in [-0.4, -0.2) is 98.7 Å². The maximum absolute atomic E-state index is 13.7. The number of carbonyl (C=O) groups is 1. The average molecular weight is 695 g/mol. The van der Waals surface area contributed by atoms with Gasteiger partial charge in [-0.15, -0.1) is 12.8 Å². The standard InChI is InChI=1S/C41H42N8O3/c1-5-17-46(37-19-39-33(23-44(3)25-48(39)51)29-9-7-11-31(29)37)27-13-15-35(42-21-27)41(50)36-16-14-28(22-43-36)47(18-6-2)38-20-40-34(24-45(4)26-49(40)52)30-10-8-12-32(30)38/h1-2,13-16,19-24,37-38,51-52H,7-12,17-18,25-26H2,3-4H3. The number of allylic oxidation sites excluding steroid dienone is 2. The predicted molar refractivity (Wildman–Crippen MR) is 198 cm³/mol. The molecular formula is C41H42N8O3. The minimum Gasteiger partial charge on any atom is -0.360 e. The Morgan fingerprint density at radius 2 is 1.19 bits per heavy atom. The highest BCUT2D eigenvalue weighted by molar-refractivity contribution is 6.06. The van der Waals surface area contributed by atoms with Crippen LogP contribution in [0.1, 0.15) is 54.7 Å². The molecule has 0 saturated heterocycles. The third-order valence-electron chi connectivity index (χ3n) is 10.9. The monoisotopic (exact) mass is 694 g/mol. The lowest BCUT2D eigenvalue weighted by Crippen LogP contribution is -2.42. The number of carbonyl (C=O) groups excluding carboxylic acids is 1. The first-order chi connectivity index (χ1) is 25.2. The Labute approximate surface area is 304 Å². The molecular weight excluding hydrogens is 653 g/mol. The van der Waals surface area contributed by atoms with Gasteiger partial charge in [0.25, 0.3) is 0 Å². The predicted octanol–water partition coefficient (Wildman–Crippen LogP) is 5.04. The van der Waals surface area contributed by atoms with Gasteiger partial charge in [0.1, 0.15) is 24.7 Å². The van der Waals surface area contributed by atoms with E-state index in [4.69, 9.17) is 12.8 Å². The first-order valence-electron chi connectivity index (χ1n) is 17.8. The zero-order chi connectivity index (χ0) is 36.1. The first kappa shape index (κ1) is 33.4. The Kier molecular flexibility index (Phi) is 8.62. The largest absolute Gasteiger partial charge is 0.360 e. The molecule has 0 aromatic carbocycles. The lowest BCUT2D eigenvalue weighted by atomic mass is 9.87. The number of hydrogen-bond donors (Lipinski definition) is 2. The van der Waals surface area contributed by atoms with Gasteiger partial charge in [-0.25, -0.2) is 10.1 Å². The number of terminal acetylenes is 2. The van der Waals surface area contributed by atoms with Crippen LogP contribution in [0.2, 0.25) is 0 Å². The van der Waals surface area contributed by atoms with E-state index in [1.54, 1.807) is 24.5 Å². The molecule has 0 bridgehead atoms. The fraction of sp³-hybridized carbons (Fsp3) is 0.341. The van der Waals surface area contributed by atoms with E-state index in [0.717, 1.165) is 72.4 Å². The number of ketones is 1. The lowest BCUT2D eigenvalue weighted by molar-refractivity contribution is -0.0843. The van der Waals surface area contributed by atoms with Crippen molar-refractivity contribution in [2.75, 3.05) is 50.3 Å². The van der Waals surface area contributed by atoms with E-state index in [-0.39, 0.29) is 29.3 Å². The first-order valence-corrected chi connectivity index (χ1v) is 17.8. The zero-order valence-electron chi connectivity index (χ0n) is 29.5. The molecule has 0 amide bonds. The van der Waals surface area contributed by atoms with Crippen molar-refractivity contribution in [2.24, 2.45) is 0 Å². The number of hydrogen-bond acceptors (Lipinski definition) is 11. The average Bonchev–Trinajstić information content (AvgIpc) is 3.84. The maximum atomic E-state index is 13.7. The van der Waals surface area contributed by atoms with Crippen LogP contribution < -0.4 is 9.80 Å². The molecule has 6 aliphatic rings. The van der Waals surface area contributed by atoms with E-state index in [1.807, 2.05) is 36.0 Å². The van der Waals surface area contributed by atoms with Crippen molar-refractivity contribution < 1.29 is 15.2 Å². The van der Waals surface area contributed by atoms with Gasteiger partial charge in [-0.2, -0.15) is 0 Å². The van der Waals surface area contributed by atoms with Gasteiger partial charge >= 0.3 is 0 Å². The summed E-state index contributed by atoms with van der Waals surface area (Å²) in [5.41, 5.74) is 11.0. The van der Waals surface area contributed by atoms with Crippen LogP contribution >= 0.6 is 0 Å². The number of rotatable bonds is 8. The van der Waals surface area contributed by atoms with Gasteiger partial charge in [0.15, 0.2) is 0 Å². The number of hydroxylamine groups is 4. The summed E-state index contributed by atoms with van der Waals surface area (Å²) in [5, 5.41) is 24.3. The second-order valence-corrected chi connectivity index (χ2v) is 14.2. The summed E-state index contributed by atoms with van der Waals surface area (Å²) in [6.07, 6.45) is 29.4. The summed E-state index contributed by atoms with van der Waals surface area (Å²) in [5.74, 6) is 5.31. The molecule has 4 heterocycles. The molecule has 2 atom stereocenters. The summed E-state index contributed by atoms with van der Waals surface area (Å²) in [7, 11) is 3.91. The quantitative estimate of drug-likeness (QED) is 0.287. The van der Waals surface area contributed by atoms with Crippen LogP contribution in [0.4, 0.5) is 11.4 Å². The van der Waals surface area contributed by atoms with E-state index in [2.05, 4.69) is 56.2 Å². The number of anilines is 2. The number of nitrogens with zero attached hydrogens (tertiary/aromatic N) is 8. The topological polar surface area (TPSA) is 103 Å². The molecule has 11 nitrogen and oxygen atoms in total. The van der Waals surface area contributed by atoms with E-state index >= 15 is 0 Å². The van der Waals surface area contributed by atoms with Crippen LogP contribution in [0.3, 0.4) is 0 Å². The second-order valence-electron chi connectivity index (χ2n) is 14.2. The van der Waals surface area contributed by atoms with E-state index in [9.17, 15) is 15.2 Å². The van der Waals surface area contributed by atoms with E-state index in [0.29, 0.717) is 26.4 Å². The van der Waals surface area contributed by atoms with Gasteiger partial charge in [0, 0.05) is 37.6 Å². The molecule has 2 aromatic heterocycles. The fourth-order valence-electron chi connectivity index (χ4n) is 8.59. The van der Waals surface area contributed by atoms with Gasteiger partial charge < -0.3 is 19.6 Å². The van der Waals surface area contributed by atoms with Gasteiger partial charge in [-0.05, 0) is 97.2 Å². The van der Waals surface area contributed by atoms with Crippen molar-refractivity contribution >= 4 is 17.2 Å². The fourth-order valence-corrected chi connectivity index (χ4v) is 8.59. The van der Waals surface area contributed by atoms with Crippen LogP contribution in [0.5, 0.6) is 0 Å². The Morgan fingerprint density at radius 3 is 1.58 bits per heavy atom. The van der Waals surface area contributed by atoms with Crippen LogP contribution in [-0.2, 0) is 0 Å². The van der Waals surface area contributed by atoms with Crippen molar-refractivity contribution in [3.05, 3.63) is 117 Å². The number of fused-ring (bicyclic) bond motifs is 4. The van der Waals surface area contributed by atoms with E-state index in [1.165, 1.54) is 32.4 Å². The van der Waals surface area contributed by atoms with Crippen molar-refractivity contribution in [2.45, 2.75) is 50.6 Å². The molecule has 4 aliphatic carbocycles. The molecule has 2 aliphatic heterocycles. The number of aromatic nitrogens is 2. The molecule has 0 spiro atoms. The van der Waals surface area contributed by atoms with Gasteiger partial charge in [-0.3, -0.25) is 25.2 Å². The minimum atomic E-state index is -0.291. The van der Waals surface area contributed by atoms with Gasteiger partial charge in [0.2, 0.25) is 5.78 Å². The molecule has 0 saturated carbocycles. The molecule has 2 aromatic rings. The summed E-state index contributed by atoms with van der Waals surface area (Å²) < 4.78 is 0. The van der Waals surface area contributed by atoms with Crippen LogP contribution in [0, 0.1) is 24.7 Å². The highest BCUT2D eigenvalue weighted by Crippen LogP contribution is 2.46. The summed E-state index contributed by atoms with van der Waals surface area (Å²) in [6, 6.07) is 6.92. The molecule has 8 rings (SSSR count). The second kappa shape index (κ2) is 13.4. The molecule has 0 radical (unpaired) electrons. The van der Waals surface area contributed by atoms with Crippen LogP contribution in [0.25, 0.3) is 0 Å². The Hall–Kier alpha value is -5.75. The molecule has 0 fully saturated rings. The molecule has 52 heavy (non-hydrogen) atoms. The molecule has 264 valence electrons. The van der Waals surface area contributed by atoms with Crippen molar-refractivity contribution in [3.8, 4) is 24.7 Å². The summed E-state index contributed by atoms with van der Waals surface area (Å²) in [4.78, 5) is 31.0. The van der Waals surface area contributed by atoms with Crippen LogP contribution in [0.15, 0.2) is 106 Å². The summed E-state index contributed by atoms with van der Waals surface area (Å²) in [6.45, 7) is 1.43. The third kappa shape index (κ3) is 5.72. The highest BCUT2D eigenvalue weighted by atomic mass is 16.5. The van der Waals surface area contributed by atoms with Crippen molar-refractivity contribution in [1.82, 2.24) is 29.9 Å².